The molecule has 0 spiro atoms. The lowest BCUT2D eigenvalue weighted by Gasteiger charge is -2.37. The van der Waals surface area contributed by atoms with Crippen LogP contribution in [0.4, 0.5) is 0 Å². The molecule has 0 radical (unpaired) electrons. The Morgan fingerprint density at radius 1 is 1.21 bits per heavy atom. The lowest BCUT2D eigenvalue weighted by molar-refractivity contribution is -0.0400. The van der Waals surface area contributed by atoms with Crippen LogP contribution in [0.15, 0.2) is 30.3 Å². The molecular weight excluding hydrogens is 240 g/mol. The second-order valence-corrected chi connectivity index (χ2v) is 5.53. The highest BCUT2D eigenvalue weighted by atomic mass is 16.5. The summed E-state index contributed by atoms with van der Waals surface area (Å²) >= 11 is 0. The number of ether oxygens (including phenoxy) is 2. The molecule has 0 fully saturated rings. The summed E-state index contributed by atoms with van der Waals surface area (Å²) in [4.78, 5) is 0. The van der Waals surface area contributed by atoms with E-state index in [2.05, 4.69) is 0 Å². The number of rotatable bonds is 1. The molecule has 19 heavy (non-hydrogen) atoms. The van der Waals surface area contributed by atoms with E-state index in [0.717, 1.165) is 27.8 Å². The van der Waals surface area contributed by atoms with Gasteiger partial charge in [0, 0.05) is 17.2 Å². The van der Waals surface area contributed by atoms with Crippen molar-refractivity contribution in [1.29, 1.82) is 0 Å². The molecule has 0 aromatic heterocycles. The van der Waals surface area contributed by atoms with Crippen LogP contribution in [0.25, 0.3) is 10.8 Å². The lowest BCUT2D eigenvalue weighted by atomic mass is 9.89. The van der Waals surface area contributed by atoms with Crippen LogP contribution in [0.2, 0.25) is 0 Å². The van der Waals surface area contributed by atoms with Crippen molar-refractivity contribution in [1.82, 2.24) is 0 Å². The summed E-state index contributed by atoms with van der Waals surface area (Å²) in [5.74, 6) is 1.71. The zero-order valence-corrected chi connectivity index (χ0v) is 11.4. The average molecular weight is 258 g/mol. The SMILES string of the molecule is COc1cccc2c3c(ccc12)CC(O)C(C)(C)O3. The molecule has 1 unspecified atom stereocenters. The van der Waals surface area contributed by atoms with Crippen LogP contribution in [-0.4, -0.2) is 23.9 Å². The summed E-state index contributed by atoms with van der Waals surface area (Å²) in [6.07, 6.45) is 0.137. The first kappa shape index (κ1) is 12.3. The van der Waals surface area contributed by atoms with Crippen LogP contribution in [0.5, 0.6) is 11.5 Å². The normalized spacial score (nSPS) is 20.7. The van der Waals surface area contributed by atoms with Crippen LogP contribution in [0.3, 0.4) is 0 Å². The molecule has 3 rings (SSSR count). The molecule has 0 saturated carbocycles. The molecule has 0 aliphatic carbocycles. The highest BCUT2D eigenvalue weighted by Gasteiger charge is 2.36. The predicted molar refractivity (Wildman–Crippen MR) is 74.9 cm³/mol. The Morgan fingerprint density at radius 3 is 2.74 bits per heavy atom. The molecule has 1 N–H and O–H groups in total. The third-order valence-corrected chi connectivity index (χ3v) is 3.85. The smallest absolute Gasteiger partial charge is 0.131 e. The minimum atomic E-state index is -0.565. The molecule has 0 amide bonds. The van der Waals surface area contributed by atoms with E-state index >= 15 is 0 Å². The maximum Gasteiger partial charge on any atom is 0.131 e. The number of fused-ring (bicyclic) bond motifs is 3. The van der Waals surface area contributed by atoms with E-state index in [1.54, 1.807) is 7.11 Å². The average Bonchev–Trinajstić information content (AvgIpc) is 2.39. The Hall–Kier alpha value is -1.74. The standard InChI is InChI=1S/C16H18O3/c1-16(2)14(17)9-10-7-8-11-12(15(10)19-16)5-4-6-13(11)18-3/h4-8,14,17H,9H2,1-3H3. The number of aliphatic hydroxyl groups excluding tert-OH is 1. The van der Waals surface area contributed by atoms with Crippen molar-refractivity contribution in [3.05, 3.63) is 35.9 Å². The van der Waals surface area contributed by atoms with Crippen molar-refractivity contribution >= 4 is 10.8 Å². The summed E-state index contributed by atoms with van der Waals surface area (Å²) in [6.45, 7) is 3.83. The Labute approximate surface area is 112 Å². The van der Waals surface area contributed by atoms with E-state index in [-0.39, 0.29) is 0 Å². The molecule has 2 aromatic carbocycles. The van der Waals surface area contributed by atoms with E-state index in [9.17, 15) is 5.11 Å². The molecule has 3 heteroatoms. The van der Waals surface area contributed by atoms with Gasteiger partial charge < -0.3 is 14.6 Å². The van der Waals surface area contributed by atoms with Crippen molar-refractivity contribution in [2.75, 3.05) is 7.11 Å². The molecular formula is C16H18O3. The van der Waals surface area contributed by atoms with Crippen molar-refractivity contribution in [3.8, 4) is 11.5 Å². The van der Waals surface area contributed by atoms with Crippen LogP contribution in [0.1, 0.15) is 19.4 Å². The van der Waals surface area contributed by atoms with Gasteiger partial charge in [-0.1, -0.05) is 24.3 Å². The zero-order valence-electron chi connectivity index (χ0n) is 11.4. The van der Waals surface area contributed by atoms with Crippen LogP contribution in [0, 0.1) is 0 Å². The Morgan fingerprint density at radius 2 is 2.00 bits per heavy atom. The van der Waals surface area contributed by atoms with Crippen LogP contribution in [-0.2, 0) is 6.42 Å². The molecule has 1 heterocycles. The van der Waals surface area contributed by atoms with E-state index in [4.69, 9.17) is 9.47 Å². The fourth-order valence-electron chi connectivity index (χ4n) is 2.59. The molecule has 1 atom stereocenters. The van der Waals surface area contributed by atoms with E-state index in [1.165, 1.54) is 0 Å². The highest BCUT2D eigenvalue weighted by molar-refractivity contribution is 5.94. The van der Waals surface area contributed by atoms with Crippen molar-refractivity contribution in [3.63, 3.8) is 0 Å². The zero-order chi connectivity index (χ0) is 13.6. The number of aliphatic hydroxyl groups is 1. The number of hydrogen-bond donors (Lipinski definition) is 1. The maximum absolute atomic E-state index is 10.1. The lowest BCUT2D eigenvalue weighted by Crippen LogP contribution is -2.46. The molecule has 2 aromatic rings. The Kier molecular flexibility index (Phi) is 2.68. The fourth-order valence-corrected chi connectivity index (χ4v) is 2.59. The van der Waals surface area contributed by atoms with E-state index in [0.29, 0.717) is 6.42 Å². The van der Waals surface area contributed by atoms with E-state index < -0.39 is 11.7 Å². The third kappa shape index (κ3) is 1.85. The number of hydrogen-bond acceptors (Lipinski definition) is 3. The topological polar surface area (TPSA) is 38.7 Å². The molecule has 3 nitrogen and oxygen atoms in total. The summed E-state index contributed by atoms with van der Waals surface area (Å²) < 4.78 is 11.4. The first-order valence-corrected chi connectivity index (χ1v) is 6.48. The summed E-state index contributed by atoms with van der Waals surface area (Å²) in [6, 6.07) is 9.98. The molecule has 0 bridgehead atoms. The number of methoxy groups -OCH3 is 1. The van der Waals surface area contributed by atoms with Crippen molar-refractivity contribution in [2.45, 2.75) is 32.0 Å². The monoisotopic (exact) mass is 258 g/mol. The summed E-state index contributed by atoms with van der Waals surface area (Å²) in [5, 5.41) is 12.2. The summed E-state index contributed by atoms with van der Waals surface area (Å²) in [7, 11) is 1.67. The van der Waals surface area contributed by atoms with Gasteiger partial charge in [0.1, 0.15) is 17.1 Å². The van der Waals surface area contributed by atoms with Gasteiger partial charge in [-0.15, -0.1) is 0 Å². The first-order chi connectivity index (χ1) is 9.03. The van der Waals surface area contributed by atoms with Gasteiger partial charge in [-0.3, -0.25) is 0 Å². The van der Waals surface area contributed by atoms with Gasteiger partial charge in [-0.25, -0.2) is 0 Å². The van der Waals surface area contributed by atoms with Gasteiger partial charge >= 0.3 is 0 Å². The van der Waals surface area contributed by atoms with Crippen LogP contribution < -0.4 is 9.47 Å². The molecule has 1 aliphatic rings. The highest BCUT2D eigenvalue weighted by Crippen LogP contribution is 2.41. The van der Waals surface area contributed by atoms with Gasteiger partial charge in [0.2, 0.25) is 0 Å². The second kappa shape index (κ2) is 4.14. The summed E-state index contributed by atoms with van der Waals surface area (Å²) in [5.41, 5.74) is 0.484. The van der Waals surface area contributed by atoms with Gasteiger partial charge in [0.25, 0.3) is 0 Å². The largest absolute Gasteiger partial charge is 0.496 e. The minimum Gasteiger partial charge on any atom is -0.496 e. The van der Waals surface area contributed by atoms with Gasteiger partial charge in [0.05, 0.1) is 13.2 Å². The van der Waals surface area contributed by atoms with Gasteiger partial charge in [-0.2, -0.15) is 0 Å². The Bertz CT molecular complexity index is 631. The Balaban J connectivity index is 2.25. The minimum absolute atomic E-state index is 0.483. The predicted octanol–water partition coefficient (Wildman–Crippen LogP) is 2.92. The first-order valence-electron chi connectivity index (χ1n) is 6.48. The van der Waals surface area contributed by atoms with Gasteiger partial charge in [-0.05, 0) is 25.5 Å². The maximum atomic E-state index is 10.1. The van der Waals surface area contributed by atoms with Crippen molar-refractivity contribution < 1.29 is 14.6 Å². The second-order valence-electron chi connectivity index (χ2n) is 5.53. The van der Waals surface area contributed by atoms with E-state index in [1.807, 2.05) is 44.2 Å². The molecule has 1 aliphatic heterocycles. The third-order valence-electron chi connectivity index (χ3n) is 3.85. The quantitative estimate of drug-likeness (QED) is 0.854. The van der Waals surface area contributed by atoms with Crippen LogP contribution >= 0.6 is 0 Å². The van der Waals surface area contributed by atoms with Gasteiger partial charge in [0.15, 0.2) is 0 Å². The fraction of sp³-hybridized carbons (Fsp3) is 0.375. The molecule has 0 saturated heterocycles. The van der Waals surface area contributed by atoms with Crippen molar-refractivity contribution in [2.24, 2.45) is 0 Å². The number of benzene rings is 2. The molecule has 100 valence electrons.